The highest BCUT2D eigenvalue weighted by Crippen LogP contribution is 2.21. The zero-order chi connectivity index (χ0) is 13.1. The van der Waals surface area contributed by atoms with E-state index < -0.39 is 0 Å². The molecule has 2 aromatic rings. The second kappa shape index (κ2) is 5.23. The van der Waals surface area contributed by atoms with Crippen LogP contribution in [0.15, 0.2) is 30.3 Å². The molecular weight excluding hydrogens is 246 g/mol. The smallest absolute Gasteiger partial charge is 0.261 e. The molecule has 0 saturated carbocycles. The SMILES string of the molecule is Cc1cc(C(=O)NCc2ccccc2O)sc1C. The maximum atomic E-state index is 11.9. The number of phenolic OH excluding ortho intramolecular Hbond substituents is 1. The molecule has 0 radical (unpaired) electrons. The van der Waals surface area contributed by atoms with E-state index in [4.69, 9.17) is 0 Å². The van der Waals surface area contributed by atoms with Gasteiger partial charge in [0.15, 0.2) is 0 Å². The quantitative estimate of drug-likeness (QED) is 0.892. The molecule has 0 atom stereocenters. The molecule has 0 spiro atoms. The second-order valence-electron chi connectivity index (χ2n) is 4.16. The third-order valence-electron chi connectivity index (χ3n) is 2.82. The molecule has 94 valence electrons. The first-order chi connectivity index (χ1) is 8.58. The Hall–Kier alpha value is -1.81. The fourth-order valence-electron chi connectivity index (χ4n) is 1.61. The van der Waals surface area contributed by atoms with E-state index in [1.54, 1.807) is 18.2 Å². The van der Waals surface area contributed by atoms with Gasteiger partial charge in [0.2, 0.25) is 0 Å². The van der Waals surface area contributed by atoms with E-state index >= 15 is 0 Å². The van der Waals surface area contributed by atoms with E-state index in [1.807, 2.05) is 26.0 Å². The Morgan fingerprint density at radius 3 is 2.67 bits per heavy atom. The summed E-state index contributed by atoms with van der Waals surface area (Å²) in [4.78, 5) is 13.8. The predicted octanol–water partition coefficient (Wildman–Crippen LogP) is 3.00. The lowest BCUT2D eigenvalue weighted by Crippen LogP contribution is -2.21. The molecule has 0 saturated heterocycles. The lowest BCUT2D eigenvalue weighted by molar-refractivity contribution is 0.0955. The van der Waals surface area contributed by atoms with Crippen LogP contribution in [0.5, 0.6) is 5.75 Å². The molecule has 0 unspecified atom stereocenters. The predicted molar refractivity (Wildman–Crippen MR) is 73.1 cm³/mol. The summed E-state index contributed by atoms with van der Waals surface area (Å²) in [5, 5.41) is 12.4. The normalized spacial score (nSPS) is 10.3. The van der Waals surface area contributed by atoms with Crippen LogP contribution < -0.4 is 5.32 Å². The molecule has 1 aromatic heterocycles. The third kappa shape index (κ3) is 2.71. The molecule has 3 nitrogen and oxygen atoms in total. The Morgan fingerprint density at radius 1 is 1.33 bits per heavy atom. The number of amides is 1. The van der Waals surface area contributed by atoms with Gasteiger partial charge in [0.25, 0.3) is 5.91 Å². The number of carbonyl (C=O) groups excluding carboxylic acids is 1. The number of nitrogens with one attached hydrogen (secondary N) is 1. The number of phenols is 1. The Morgan fingerprint density at radius 2 is 2.06 bits per heavy atom. The number of benzene rings is 1. The molecule has 1 aromatic carbocycles. The van der Waals surface area contributed by atoms with Gasteiger partial charge in [-0.3, -0.25) is 4.79 Å². The van der Waals surface area contributed by atoms with Gasteiger partial charge in [-0.1, -0.05) is 18.2 Å². The average molecular weight is 261 g/mol. The van der Waals surface area contributed by atoms with Crippen LogP contribution in [0.25, 0.3) is 0 Å². The number of hydrogen-bond acceptors (Lipinski definition) is 3. The van der Waals surface area contributed by atoms with E-state index in [0.717, 1.165) is 16.0 Å². The van der Waals surface area contributed by atoms with Gasteiger partial charge in [0.1, 0.15) is 5.75 Å². The lowest BCUT2D eigenvalue weighted by Gasteiger charge is -2.05. The van der Waals surface area contributed by atoms with Crippen molar-refractivity contribution in [1.29, 1.82) is 0 Å². The van der Waals surface area contributed by atoms with Crippen molar-refractivity contribution in [2.75, 3.05) is 0 Å². The van der Waals surface area contributed by atoms with Crippen molar-refractivity contribution >= 4 is 17.2 Å². The van der Waals surface area contributed by atoms with Crippen molar-refractivity contribution in [3.8, 4) is 5.75 Å². The van der Waals surface area contributed by atoms with Gasteiger partial charge in [-0.15, -0.1) is 11.3 Å². The summed E-state index contributed by atoms with van der Waals surface area (Å²) in [5.41, 5.74) is 1.85. The van der Waals surface area contributed by atoms with E-state index in [9.17, 15) is 9.90 Å². The summed E-state index contributed by atoms with van der Waals surface area (Å²) in [7, 11) is 0. The number of aryl methyl sites for hydroxylation is 2. The lowest BCUT2D eigenvalue weighted by atomic mass is 10.2. The summed E-state index contributed by atoms with van der Waals surface area (Å²) in [5.74, 6) is 0.107. The molecule has 0 bridgehead atoms. The van der Waals surface area contributed by atoms with E-state index in [-0.39, 0.29) is 11.7 Å². The third-order valence-corrected chi connectivity index (χ3v) is 3.97. The highest BCUT2D eigenvalue weighted by Gasteiger charge is 2.10. The van der Waals surface area contributed by atoms with Crippen molar-refractivity contribution < 1.29 is 9.90 Å². The molecule has 0 aliphatic rings. The summed E-state index contributed by atoms with van der Waals surface area (Å²) in [6.45, 7) is 4.33. The number of para-hydroxylation sites is 1. The minimum Gasteiger partial charge on any atom is -0.508 e. The Labute approximate surface area is 110 Å². The standard InChI is InChI=1S/C14H15NO2S/c1-9-7-13(18-10(9)2)14(17)15-8-11-5-3-4-6-12(11)16/h3-7,16H,8H2,1-2H3,(H,15,17). The van der Waals surface area contributed by atoms with Crippen LogP contribution >= 0.6 is 11.3 Å². The molecule has 0 aliphatic heterocycles. The highest BCUT2D eigenvalue weighted by atomic mass is 32.1. The maximum absolute atomic E-state index is 11.9. The molecule has 1 amide bonds. The molecule has 0 fully saturated rings. The van der Waals surface area contributed by atoms with Crippen LogP contribution in [0.2, 0.25) is 0 Å². The molecule has 1 heterocycles. The monoisotopic (exact) mass is 261 g/mol. The molecule has 4 heteroatoms. The minimum atomic E-state index is -0.0977. The zero-order valence-electron chi connectivity index (χ0n) is 10.4. The van der Waals surface area contributed by atoms with E-state index in [1.165, 1.54) is 11.3 Å². The van der Waals surface area contributed by atoms with Crippen molar-refractivity contribution in [2.24, 2.45) is 0 Å². The number of hydrogen-bond donors (Lipinski definition) is 2. The van der Waals surface area contributed by atoms with Crippen LogP contribution in [0, 0.1) is 13.8 Å². The van der Waals surface area contributed by atoms with Crippen LogP contribution in [-0.4, -0.2) is 11.0 Å². The van der Waals surface area contributed by atoms with Crippen LogP contribution in [-0.2, 0) is 6.54 Å². The molecule has 0 aliphatic carbocycles. The van der Waals surface area contributed by atoms with Gasteiger partial charge in [0, 0.05) is 17.0 Å². The molecule has 18 heavy (non-hydrogen) atoms. The highest BCUT2D eigenvalue weighted by molar-refractivity contribution is 7.14. The minimum absolute atomic E-state index is 0.0977. The van der Waals surface area contributed by atoms with Crippen molar-refractivity contribution in [3.05, 3.63) is 51.2 Å². The van der Waals surface area contributed by atoms with Gasteiger partial charge in [-0.2, -0.15) is 0 Å². The maximum Gasteiger partial charge on any atom is 0.261 e. The summed E-state index contributed by atoms with van der Waals surface area (Å²) in [6, 6.07) is 8.88. The zero-order valence-corrected chi connectivity index (χ0v) is 11.2. The van der Waals surface area contributed by atoms with Gasteiger partial charge in [0.05, 0.1) is 4.88 Å². The van der Waals surface area contributed by atoms with Crippen LogP contribution in [0.4, 0.5) is 0 Å². The largest absolute Gasteiger partial charge is 0.508 e. The topological polar surface area (TPSA) is 49.3 Å². The van der Waals surface area contributed by atoms with Gasteiger partial charge >= 0.3 is 0 Å². The van der Waals surface area contributed by atoms with Crippen molar-refractivity contribution in [1.82, 2.24) is 5.32 Å². The van der Waals surface area contributed by atoms with Gasteiger partial charge < -0.3 is 10.4 Å². The fourth-order valence-corrected chi connectivity index (χ4v) is 2.56. The molecule has 2 N–H and O–H groups in total. The number of rotatable bonds is 3. The average Bonchev–Trinajstić information content (AvgIpc) is 2.68. The second-order valence-corrected chi connectivity index (χ2v) is 5.42. The fraction of sp³-hybridized carbons (Fsp3) is 0.214. The summed E-state index contributed by atoms with van der Waals surface area (Å²) < 4.78 is 0. The van der Waals surface area contributed by atoms with Crippen LogP contribution in [0.3, 0.4) is 0 Å². The summed E-state index contributed by atoms with van der Waals surface area (Å²) in [6.07, 6.45) is 0. The Kier molecular flexibility index (Phi) is 3.67. The number of aromatic hydroxyl groups is 1. The van der Waals surface area contributed by atoms with Gasteiger partial charge in [-0.05, 0) is 31.5 Å². The summed E-state index contributed by atoms with van der Waals surface area (Å²) >= 11 is 1.49. The Balaban J connectivity index is 2.03. The number of thiophene rings is 1. The number of carbonyl (C=O) groups is 1. The molecule has 2 rings (SSSR count). The molecular formula is C14H15NO2S. The first kappa shape index (κ1) is 12.6. The van der Waals surface area contributed by atoms with Crippen molar-refractivity contribution in [3.63, 3.8) is 0 Å². The van der Waals surface area contributed by atoms with E-state index in [0.29, 0.717) is 11.4 Å². The first-order valence-electron chi connectivity index (χ1n) is 5.70. The van der Waals surface area contributed by atoms with Crippen molar-refractivity contribution in [2.45, 2.75) is 20.4 Å². The van der Waals surface area contributed by atoms with Crippen LogP contribution in [0.1, 0.15) is 25.7 Å². The van der Waals surface area contributed by atoms with Gasteiger partial charge in [-0.25, -0.2) is 0 Å². The first-order valence-corrected chi connectivity index (χ1v) is 6.51. The van der Waals surface area contributed by atoms with E-state index in [2.05, 4.69) is 5.32 Å². The Bertz CT molecular complexity index is 555.